The monoisotopic (exact) mass is 630 g/mol. The van der Waals surface area contributed by atoms with Crippen molar-refractivity contribution in [3.05, 3.63) is 83.4 Å². The van der Waals surface area contributed by atoms with Gasteiger partial charge in [0.25, 0.3) is 0 Å². The van der Waals surface area contributed by atoms with E-state index >= 15 is 0 Å². The molecule has 0 atom stereocenters. The van der Waals surface area contributed by atoms with Gasteiger partial charge in [-0.05, 0) is 66.9 Å². The van der Waals surface area contributed by atoms with Crippen LogP contribution in [-0.2, 0) is 16.2 Å². The van der Waals surface area contributed by atoms with Gasteiger partial charge >= 0.3 is 0 Å². The number of benzene rings is 3. The normalized spacial score (nSPS) is 12.9. The number of hydrazine groups is 1. The van der Waals surface area contributed by atoms with Gasteiger partial charge in [-0.25, -0.2) is 19.9 Å². The molecule has 3 N–H and O–H groups in total. The van der Waals surface area contributed by atoms with E-state index < -0.39 is 0 Å². The summed E-state index contributed by atoms with van der Waals surface area (Å²) < 4.78 is 19.3. The largest absolute Gasteiger partial charge is 0.487 e. The Labute approximate surface area is 264 Å². The van der Waals surface area contributed by atoms with Crippen LogP contribution in [-0.4, -0.2) is 39.9 Å². The van der Waals surface area contributed by atoms with Crippen molar-refractivity contribution in [1.29, 1.82) is 0 Å². The number of hydrazone groups is 1. The van der Waals surface area contributed by atoms with Crippen molar-refractivity contribution in [2.45, 2.75) is 46.1 Å². The van der Waals surface area contributed by atoms with Gasteiger partial charge in [-0.1, -0.05) is 37.6 Å². The summed E-state index contributed by atoms with van der Waals surface area (Å²) in [5.41, 5.74) is 6.20. The van der Waals surface area contributed by atoms with E-state index in [4.69, 9.17) is 16.3 Å². The fourth-order valence-electron chi connectivity index (χ4n) is 4.53. The molecule has 5 rings (SSSR count). The van der Waals surface area contributed by atoms with Crippen LogP contribution in [0.4, 0.5) is 21.6 Å². The number of hydrogen-bond donors (Lipinski definition) is 3. The van der Waals surface area contributed by atoms with Gasteiger partial charge < -0.3 is 15.4 Å². The maximum atomic E-state index is 13.5. The molecule has 0 bridgehead atoms. The average Bonchev–Trinajstić information content (AvgIpc) is 3.51. The second-order valence-electron chi connectivity index (χ2n) is 10.3. The predicted octanol–water partition coefficient (Wildman–Crippen LogP) is 6.07. The number of amides is 2. The summed E-state index contributed by atoms with van der Waals surface area (Å²) in [5, 5.41) is 13.3. The molecule has 0 radical (unpaired) electrons. The highest BCUT2D eigenvalue weighted by atomic mass is 35.5. The van der Waals surface area contributed by atoms with Gasteiger partial charge in [0.1, 0.15) is 36.0 Å². The Morgan fingerprint density at radius 2 is 1.91 bits per heavy atom. The summed E-state index contributed by atoms with van der Waals surface area (Å²) in [6, 6.07) is 17.1. The summed E-state index contributed by atoms with van der Waals surface area (Å²) >= 11 is 6.50. The number of fused-ring (bicyclic) bond motifs is 1. The van der Waals surface area contributed by atoms with Crippen molar-refractivity contribution in [2.75, 3.05) is 16.9 Å². The lowest BCUT2D eigenvalue weighted by Crippen LogP contribution is -2.40. The van der Waals surface area contributed by atoms with E-state index in [1.165, 1.54) is 18.5 Å². The summed E-state index contributed by atoms with van der Waals surface area (Å²) in [6.45, 7) is 4.21. The Bertz CT molecular complexity index is 1780. The van der Waals surface area contributed by atoms with E-state index in [-0.39, 0.29) is 43.0 Å². The molecule has 11 nitrogen and oxygen atoms in total. The van der Waals surface area contributed by atoms with Crippen LogP contribution < -0.4 is 25.9 Å². The SMILES string of the molecule is CCCC(=O)N=C(NC(=O)CCC)C1=NNN(c2ccc3ncnc(Nc4ccc(OCc5cccc(F)c5)c(Cl)c4)c3c2)C1. The molecule has 45 heavy (non-hydrogen) atoms. The Morgan fingerprint density at radius 1 is 1.07 bits per heavy atom. The highest BCUT2D eigenvalue weighted by Crippen LogP contribution is 2.32. The number of carbonyl (C=O) groups excluding carboxylic acids is 2. The molecule has 0 fully saturated rings. The van der Waals surface area contributed by atoms with E-state index in [9.17, 15) is 14.0 Å². The van der Waals surface area contributed by atoms with Crippen LogP contribution in [0.5, 0.6) is 5.75 Å². The highest BCUT2D eigenvalue weighted by Gasteiger charge is 2.24. The fraction of sp³-hybridized carbons (Fsp3) is 0.250. The van der Waals surface area contributed by atoms with Gasteiger partial charge in [-0.2, -0.15) is 10.1 Å². The maximum absolute atomic E-state index is 13.5. The van der Waals surface area contributed by atoms with Crippen LogP contribution in [0.2, 0.25) is 5.02 Å². The van der Waals surface area contributed by atoms with E-state index in [0.717, 1.165) is 11.1 Å². The molecular weight excluding hydrogens is 599 g/mol. The quantitative estimate of drug-likeness (QED) is 0.134. The molecule has 232 valence electrons. The summed E-state index contributed by atoms with van der Waals surface area (Å²) in [7, 11) is 0. The molecular formula is C32H32ClFN8O3. The standard InChI is InChI=1S/C32H32ClFN8O3/c1-3-6-29(43)38-32(39-30(44)7-4-2)27-17-42(41-40-27)23-11-12-26-24(16-23)31(36-19-35-26)37-22-10-13-28(25(33)15-22)45-18-20-8-5-9-21(34)14-20/h5,8-16,19,41H,3-4,6-7,17-18H2,1-2H3,(H,35,36,37)(H,38,39,43,44). The van der Waals surface area contributed by atoms with Gasteiger partial charge in [0.2, 0.25) is 11.8 Å². The van der Waals surface area contributed by atoms with E-state index in [1.807, 2.05) is 32.0 Å². The first kappa shape index (κ1) is 31.3. The zero-order chi connectivity index (χ0) is 31.8. The Balaban J connectivity index is 1.31. The lowest BCUT2D eigenvalue weighted by Gasteiger charge is -2.18. The minimum atomic E-state index is -0.330. The first-order valence-corrected chi connectivity index (χ1v) is 14.9. The van der Waals surface area contributed by atoms with Crippen LogP contribution in [0.15, 0.2) is 77.1 Å². The molecule has 2 heterocycles. The summed E-state index contributed by atoms with van der Waals surface area (Å²) in [6.07, 6.45) is 3.35. The molecule has 0 saturated carbocycles. The molecule has 0 saturated heterocycles. The average molecular weight is 631 g/mol. The lowest BCUT2D eigenvalue weighted by molar-refractivity contribution is -0.119. The topological polar surface area (TPSA) is 133 Å². The van der Waals surface area contributed by atoms with Crippen LogP contribution in [0.3, 0.4) is 0 Å². The predicted molar refractivity (Wildman–Crippen MR) is 173 cm³/mol. The Morgan fingerprint density at radius 3 is 2.69 bits per heavy atom. The number of nitrogens with one attached hydrogen (secondary N) is 3. The molecule has 1 aliphatic rings. The number of aliphatic imine (C=N–C) groups is 1. The van der Waals surface area contributed by atoms with Gasteiger partial charge in [-0.3, -0.25) is 14.6 Å². The molecule has 0 spiro atoms. The van der Waals surface area contributed by atoms with Crippen molar-refractivity contribution >= 4 is 63.1 Å². The summed E-state index contributed by atoms with van der Waals surface area (Å²) in [5.74, 6) is 0.271. The maximum Gasteiger partial charge on any atom is 0.247 e. The number of rotatable bonds is 11. The molecule has 1 aliphatic heterocycles. The van der Waals surface area contributed by atoms with Crippen molar-refractivity contribution in [3.8, 4) is 5.75 Å². The van der Waals surface area contributed by atoms with E-state index in [2.05, 4.69) is 36.2 Å². The van der Waals surface area contributed by atoms with Gasteiger partial charge in [0.15, 0.2) is 5.84 Å². The van der Waals surface area contributed by atoms with Gasteiger partial charge in [-0.15, -0.1) is 0 Å². The van der Waals surface area contributed by atoms with Gasteiger partial charge in [0.05, 0.1) is 22.8 Å². The van der Waals surface area contributed by atoms with Crippen molar-refractivity contribution in [1.82, 2.24) is 20.8 Å². The molecule has 3 aromatic carbocycles. The third-order valence-electron chi connectivity index (χ3n) is 6.73. The van der Waals surface area contributed by atoms with E-state index in [1.54, 1.807) is 35.3 Å². The smallest absolute Gasteiger partial charge is 0.247 e. The number of halogens is 2. The Hall–Kier alpha value is -5.10. The number of aromatic nitrogens is 2. The minimum absolute atomic E-state index is 0.147. The van der Waals surface area contributed by atoms with E-state index in [0.29, 0.717) is 58.3 Å². The van der Waals surface area contributed by atoms with Crippen LogP contribution in [0, 0.1) is 5.82 Å². The zero-order valence-corrected chi connectivity index (χ0v) is 25.6. The first-order chi connectivity index (χ1) is 21.8. The highest BCUT2D eigenvalue weighted by molar-refractivity contribution is 6.46. The first-order valence-electron chi connectivity index (χ1n) is 14.5. The molecule has 0 aliphatic carbocycles. The number of ether oxygens (including phenoxy) is 1. The Kier molecular flexibility index (Phi) is 10.2. The molecule has 4 aromatic rings. The fourth-order valence-corrected chi connectivity index (χ4v) is 4.77. The summed E-state index contributed by atoms with van der Waals surface area (Å²) in [4.78, 5) is 37.6. The van der Waals surface area contributed by atoms with Crippen LogP contribution in [0.1, 0.15) is 45.1 Å². The second kappa shape index (κ2) is 14.6. The minimum Gasteiger partial charge on any atom is -0.487 e. The van der Waals surface area contributed by atoms with Crippen LogP contribution >= 0.6 is 11.6 Å². The number of carbonyl (C=O) groups is 2. The zero-order valence-electron chi connectivity index (χ0n) is 24.8. The lowest BCUT2D eigenvalue weighted by atomic mass is 10.2. The second-order valence-corrected chi connectivity index (χ2v) is 10.7. The molecule has 1 aromatic heterocycles. The number of nitrogens with zero attached hydrogens (tertiary/aromatic N) is 5. The van der Waals surface area contributed by atoms with Crippen LogP contribution in [0.25, 0.3) is 10.9 Å². The van der Waals surface area contributed by atoms with Crippen molar-refractivity contribution in [3.63, 3.8) is 0 Å². The van der Waals surface area contributed by atoms with Gasteiger partial charge in [0, 0.05) is 23.9 Å². The molecule has 0 unspecified atom stereocenters. The van der Waals surface area contributed by atoms with Crippen molar-refractivity contribution < 1.29 is 18.7 Å². The molecule has 2 amide bonds. The van der Waals surface area contributed by atoms with Crippen molar-refractivity contribution in [2.24, 2.45) is 10.1 Å². The number of hydrogen-bond acceptors (Lipinski definition) is 9. The molecule has 13 heteroatoms. The number of amidine groups is 1. The third kappa shape index (κ3) is 8.09. The number of anilines is 3. The third-order valence-corrected chi connectivity index (χ3v) is 7.03.